The molecule has 0 heterocycles. The van der Waals surface area contributed by atoms with E-state index in [-0.39, 0.29) is 45.0 Å². The minimum absolute atomic E-state index is 0.0519. The summed E-state index contributed by atoms with van der Waals surface area (Å²) in [4.78, 5) is 47.0. The minimum atomic E-state index is -1.19. The summed E-state index contributed by atoms with van der Waals surface area (Å²) in [7, 11) is 0. The molecule has 0 saturated heterocycles. The Kier molecular flexibility index (Phi) is 6.06. The number of primary amides is 2. The first kappa shape index (κ1) is 21.8. The second-order valence-electron chi connectivity index (χ2n) is 6.62. The third-order valence-electron chi connectivity index (χ3n) is 4.54. The summed E-state index contributed by atoms with van der Waals surface area (Å²) in [6.07, 6.45) is 0. The summed E-state index contributed by atoms with van der Waals surface area (Å²) in [5.41, 5.74) is 11.0. The van der Waals surface area contributed by atoms with E-state index < -0.39 is 23.8 Å². The maximum atomic E-state index is 11.9. The Morgan fingerprint density at radius 1 is 0.562 bits per heavy atom. The van der Waals surface area contributed by atoms with E-state index in [0.717, 1.165) is 0 Å². The number of nitrogens with one attached hydrogen (secondary N) is 2. The molecular weight excluding hydrogens is 416 g/mol. The molecule has 0 spiro atoms. The molecule has 0 saturated carbocycles. The van der Waals surface area contributed by atoms with Gasteiger partial charge in [0.15, 0.2) is 0 Å². The largest absolute Gasteiger partial charge is 0.478 e. The molecule has 8 N–H and O–H groups in total. The van der Waals surface area contributed by atoms with E-state index in [1.807, 2.05) is 0 Å². The molecule has 3 aromatic rings. The van der Waals surface area contributed by atoms with Gasteiger partial charge in [-0.25, -0.2) is 9.59 Å². The fourth-order valence-electron chi connectivity index (χ4n) is 3.06. The number of para-hydroxylation sites is 2. The number of benzene rings is 3. The van der Waals surface area contributed by atoms with Crippen LogP contribution in [0.5, 0.6) is 0 Å². The number of carbonyl (C=O) groups is 4. The van der Waals surface area contributed by atoms with Crippen molar-refractivity contribution in [2.75, 3.05) is 10.6 Å². The zero-order valence-corrected chi connectivity index (χ0v) is 16.5. The maximum Gasteiger partial charge on any atom is 0.337 e. The van der Waals surface area contributed by atoms with Crippen LogP contribution in [0.2, 0.25) is 0 Å². The Hall–Kier alpha value is -4.86. The fourth-order valence-corrected chi connectivity index (χ4v) is 3.06. The van der Waals surface area contributed by atoms with Crippen molar-refractivity contribution in [2.24, 2.45) is 11.5 Å². The van der Waals surface area contributed by atoms with E-state index in [0.29, 0.717) is 0 Å². The molecule has 0 aliphatic carbocycles. The van der Waals surface area contributed by atoms with Crippen molar-refractivity contribution in [3.05, 3.63) is 82.9 Å². The van der Waals surface area contributed by atoms with Gasteiger partial charge in [-0.3, -0.25) is 9.59 Å². The Labute approximate surface area is 181 Å². The predicted molar refractivity (Wildman–Crippen MR) is 117 cm³/mol. The average molecular weight is 434 g/mol. The fraction of sp³-hybridized carbons (Fsp3) is 0. The normalized spacial score (nSPS) is 10.2. The van der Waals surface area contributed by atoms with Crippen molar-refractivity contribution in [3.63, 3.8) is 0 Å². The number of anilines is 4. The Morgan fingerprint density at radius 2 is 0.906 bits per heavy atom. The highest BCUT2D eigenvalue weighted by Crippen LogP contribution is 2.33. The van der Waals surface area contributed by atoms with Crippen molar-refractivity contribution >= 4 is 46.5 Å². The molecule has 32 heavy (non-hydrogen) atoms. The monoisotopic (exact) mass is 434 g/mol. The van der Waals surface area contributed by atoms with Gasteiger partial charge in [0.1, 0.15) is 0 Å². The van der Waals surface area contributed by atoms with Gasteiger partial charge in [0.25, 0.3) is 0 Å². The van der Waals surface area contributed by atoms with Gasteiger partial charge in [-0.05, 0) is 36.4 Å². The molecule has 2 amide bonds. The van der Waals surface area contributed by atoms with Crippen LogP contribution in [0.1, 0.15) is 41.4 Å². The minimum Gasteiger partial charge on any atom is -0.478 e. The SMILES string of the molecule is NC(=O)c1cc(Nc2ccccc2C(=O)O)c(Nc2ccccc2C(=O)O)cc1C(N)=O. The van der Waals surface area contributed by atoms with E-state index >= 15 is 0 Å². The summed E-state index contributed by atoms with van der Waals surface area (Å²) in [5, 5.41) is 24.7. The number of amides is 2. The number of carbonyl (C=O) groups excluding carboxylic acids is 2. The molecule has 0 aliphatic rings. The van der Waals surface area contributed by atoms with Crippen molar-refractivity contribution in [2.45, 2.75) is 0 Å². The molecule has 0 atom stereocenters. The smallest absolute Gasteiger partial charge is 0.337 e. The van der Waals surface area contributed by atoms with Gasteiger partial charge >= 0.3 is 11.9 Å². The topological polar surface area (TPSA) is 185 Å². The lowest BCUT2D eigenvalue weighted by Gasteiger charge is -2.18. The van der Waals surface area contributed by atoms with Crippen molar-refractivity contribution in [1.29, 1.82) is 0 Å². The third kappa shape index (κ3) is 4.49. The second-order valence-corrected chi connectivity index (χ2v) is 6.62. The summed E-state index contributed by atoms with van der Waals surface area (Å²) in [5.74, 6) is -4.23. The Balaban J connectivity index is 2.20. The first-order valence-electron chi connectivity index (χ1n) is 9.15. The molecule has 0 radical (unpaired) electrons. The van der Waals surface area contributed by atoms with Crippen molar-refractivity contribution < 1.29 is 29.4 Å². The lowest BCUT2D eigenvalue weighted by atomic mass is 10.0. The first-order valence-corrected chi connectivity index (χ1v) is 9.15. The third-order valence-corrected chi connectivity index (χ3v) is 4.54. The molecule has 3 aromatic carbocycles. The number of carboxylic acids is 2. The van der Waals surface area contributed by atoms with Crippen LogP contribution in [0.15, 0.2) is 60.7 Å². The average Bonchev–Trinajstić information content (AvgIpc) is 2.74. The highest BCUT2D eigenvalue weighted by Gasteiger charge is 2.20. The van der Waals surface area contributed by atoms with Crippen LogP contribution >= 0.6 is 0 Å². The zero-order chi connectivity index (χ0) is 23.4. The van der Waals surface area contributed by atoms with Gasteiger partial charge in [-0.1, -0.05) is 24.3 Å². The Bertz CT molecular complexity index is 1160. The highest BCUT2D eigenvalue weighted by atomic mass is 16.4. The lowest BCUT2D eigenvalue weighted by Crippen LogP contribution is -2.21. The van der Waals surface area contributed by atoms with E-state index in [1.54, 1.807) is 24.3 Å². The van der Waals surface area contributed by atoms with E-state index in [1.165, 1.54) is 36.4 Å². The summed E-state index contributed by atoms with van der Waals surface area (Å²) < 4.78 is 0. The standard InChI is InChI=1S/C22H18N4O6/c23-19(27)13-9-17(25-15-7-3-1-5-11(15)21(29)30)18(10-14(13)20(24)28)26-16-8-4-2-6-12(16)22(31)32/h1-10,25-26H,(H2,23,27)(H2,24,28)(H,29,30)(H,31,32). The lowest BCUT2D eigenvalue weighted by molar-refractivity contribution is 0.0687. The van der Waals surface area contributed by atoms with E-state index in [2.05, 4.69) is 10.6 Å². The molecular formula is C22H18N4O6. The predicted octanol–water partition coefficient (Wildman–Crippen LogP) is 2.77. The van der Waals surface area contributed by atoms with Crippen LogP contribution in [0.25, 0.3) is 0 Å². The molecule has 10 nitrogen and oxygen atoms in total. The molecule has 0 aromatic heterocycles. The highest BCUT2D eigenvalue weighted by molar-refractivity contribution is 6.09. The van der Waals surface area contributed by atoms with Gasteiger partial charge in [-0.2, -0.15) is 0 Å². The maximum absolute atomic E-state index is 11.9. The summed E-state index contributed by atoms with van der Waals surface area (Å²) in [6, 6.07) is 14.6. The van der Waals surface area contributed by atoms with Crippen LogP contribution in [0.3, 0.4) is 0 Å². The number of hydrogen-bond acceptors (Lipinski definition) is 6. The van der Waals surface area contributed by atoms with Gasteiger partial charge in [-0.15, -0.1) is 0 Å². The quantitative estimate of drug-likeness (QED) is 0.312. The van der Waals surface area contributed by atoms with Crippen molar-refractivity contribution in [3.8, 4) is 0 Å². The van der Waals surface area contributed by atoms with Crippen LogP contribution in [0, 0.1) is 0 Å². The van der Waals surface area contributed by atoms with Gasteiger partial charge in [0, 0.05) is 0 Å². The van der Waals surface area contributed by atoms with E-state index in [9.17, 15) is 29.4 Å². The van der Waals surface area contributed by atoms with Crippen molar-refractivity contribution in [1.82, 2.24) is 0 Å². The van der Waals surface area contributed by atoms with Gasteiger partial charge < -0.3 is 32.3 Å². The summed E-state index contributed by atoms with van der Waals surface area (Å²) in [6.45, 7) is 0. The Morgan fingerprint density at radius 3 is 1.22 bits per heavy atom. The van der Waals surface area contributed by atoms with E-state index in [4.69, 9.17) is 11.5 Å². The van der Waals surface area contributed by atoms with Crippen LogP contribution in [-0.4, -0.2) is 34.0 Å². The number of carboxylic acid groups (broad SMARTS) is 2. The molecule has 0 unspecified atom stereocenters. The van der Waals surface area contributed by atoms with Gasteiger partial charge in [0.05, 0.1) is 45.0 Å². The second kappa shape index (κ2) is 8.88. The van der Waals surface area contributed by atoms with Crippen LogP contribution in [0.4, 0.5) is 22.7 Å². The van der Waals surface area contributed by atoms with Crippen LogP contribution < -0.4 is 22.1 Å². The number of rotatable bonds is 8. The molecule has 162 valence electrons. The van der Waals surface area contributed by atoms with Gasteiger partial charge in [0.2, 0.25) is 11.8 Å². The zero-order valence-electron chi connectivity index (χ0n) is 16.5. The first-order chi connectivity index (χ1) is 15.2. The molecule has 0 aliphatic heterocycles. The molecule has 10 heteroatoms. The molecule has 0 fully saturated rings. The number of aromatic carboxylic acids is 2. The van der Waals surface area contributed by atoms with Crippen LogP contribution in [-0.2, 0) is 0 Å². The number of hydrogen-bond donors (Lipinski definition) is 6. The number of nitrogens with two attached hydrogens (primary N) is 2. The molecule has 3 rings (SSSR count). The molecule has 0 bridgehead atoms. The summed E-state index contributed by atoms with van der Waals surface area (Å²) >= 11 is 0.